The van der Waals surface area contributed by atoms with Crippen LogP contribution in [0.3, 0.4) is 0 Å². The molecular formula is H8AlCl8CrMoNNi. The van der Waals surface area contributed by atoms with Crippen molar-refractivity contribution < 1.29 is 41.9 Å². The van der Waals surface area contributed by atoms with Gasteiger partial charge in [0.2, 0.25) is 0 Å². The van der Waals surface area contributed by atoms with Gasteiger partial charge in [0.15, 0.2) is 17.4 Å². The Morgan fingerprint density at radius 1 is 0.846 bits per heavy atom. The number of hydrogen-bond donors (Lipinski definition) is 1. The number of rotatable bonds is 0. The minimum absolute atomic E-state index is 0. The largest absolute Gasteiger partial charge is 0 e. The number of halogens is 8. The predicted molar refractivity (Wildman–Crippen MR) is 64.6 cm³/mol. The molecule has 0 aliphatic rings. The zero-order valence-electron chi connectivity index (χ0n) is 4.92. The summed E-state index contributed by atoms with van der Waals surface area (Å²) in [6.07, 6.45) is 0. The van der Waals surface area contributed by atoms with Crippen molar-refractivity contribution >= 4 is 100 Å². The summed E-state index contributed by atoms with van der Waals surface area (Å²) < 4.78 is 0. The van der Waals surface area contributed by atoms with Crippen LogP contribution in [0.2, 0.25) is 0 Å². The van der Waals surface area contributed by atoms with Gasteiger partial charge in [-0.1, -0.05) is 0 Å². The Bertz CT molecular complexity index is 47.9. The second kappa shape index (κ2) is 30.0. The third-order valence-corrected chi connectivity index (χ3v) is 0. The van der Waals surface area contributed by atoms with Gasteiger partial charge in [-0.05, 0) is 0 Å². The summed E-state index contributed by atoms with van der Waals surface area (Å²) in [6.45, 7) is 0. The average Bonchev–Trinajstić information content (AvgIpc) is 1.27. The molecule has 0 aromatic carbocycles. The van der Waals surface area contributed by atoms with Crippen molar-refractivity contribution in [1.29, 1.82) is 0 Å². The summed E-state index contributed by atoms with van der Waals surface area (Å²) >= 11 is -2.56. The average molecular weight is 539 g/mol. The molecule has 0 radical (unpaired) electrons. The Morgan fingerprint density at radius 3 is 0.846 bits per heavy atom. The SMILES string of the molecule is Cl.Cl.N.[AlH3].[Cl][Mo]([Cl])([Cl])[Cl].[Cl][Ni][Cl].[Cr]. The maximum absolute atomic E-state index is 5.02. The van der Waals surface area contributed by atoms with Crippen molar-refractivity contribution in [2.24, 2.45) is 0 Å². The van der Waals surface area contributed by atoms with Crippen LogP contribution in [0.4, 0.5) is 0 Å². The van der Waals surface area contributed by atoms with Crippen LogP contribution in [0.1, 0.15) is 0 Å². The van der Waals surface area contributed by atoms with E-state index in [0.717, 1.165) is 0 Å². The van der Waals surface area contributed by atoms with Crippen molar-refractivity contribution in [3.63, 3.8) is 0 Å². The van der Waals surface area contributed by atoms with Crippen LogP contribution < -0.4 is 6.15 Å². The van der Waals surface area contributed by atoms with E-state index in [1.807, 2.05) is 0 Å². The first kappa shape index (κ1) is 43.2. The first-order valence-corrected chi connectivity index (χ1v) is 13.9. The van der Waals surface area contributed by atoms with Crippen LogP contribution in [-0.4, -0.2) is 17.4 Å². The Balaban J connectivity index is -0.00000000840. The fourth-order valence-corrected chi connectivity index (χ4v) is 0. The molecule has 0 aliphatic heterocycles. The van der Waals surface area contributed by atoms with Crippen molar-refractivity contribution in [1.82, 2.24) is 6.15 Å². The molecule has 13 heteroatoms. The normalized spacial score (nSPS) is 7.54. The molecule has 1 nitrogen and oxygen atoms in total. The zero-order valence-corrected chi connectivity index (χ0v) is 15.4. The van der Waals surface area contributed by atoms with Gasteiger partial charge in [-0.25, -0.2) is 0 Å². The van der Waals surface area contributed by atoms with E-state index in [9.17, 15) is 0 Å². The fraction of sp³-hybridized carbons (Fsp3) is 0. The van der Waals surface area contributed by atoms with Crippen molar-refractivity contribution in [3.05, 3.63) is 0 Å². The van der Waals surface area contributed by atoms with Crippen molar-refractivity contribution in [3.8, 4) is 0 Å². The van der Waals surface area contributed by atoms with Crippen LogP contribution in [0.5, 0.6) is 0 Å². The Kier molecular flexibility index (Phi) is 99.7. The van der Waals surface area contributed by atoms with E-state index in [1.165, 1.54) is 0 Å². The van der Waals surface area contributed by atoms with Gasteiger partial charge >= 0.3 is 82.6 Å². The second-order valence-electron chi connectivity index (χ2n) is 0.395. The molecule has 0 aliphatic carbocycles. The second-order valence-corrected chi connectivity index (χ2v) is 20.3. The van der Waals surface area contributed by atoms with Gasteiger partial charge in [0.05, 0.1) is 0 Å². The standard InChI is InChI=1S/Al.8ClH.Cr.Mo.H3N.Ni.3H/h;8*1H;;;1H3;;;;/q;;;;;;;;;;+4;;+2;;;/p-6. The fourth-order valence-electron chi connectivity index (χ4n) is 0. The first-order valence-electron chi connectivity index (χ1n) is 0.856. The monoisotopic (exact) mass is 537 g/mol. The topological polar surface area (TPSA) is 35.0 Å². The first-order chi connectivity index (χ1) is 3.41. The van der Waals surface area contributed by atoms with Gasteiger partial charge in [0.1, 0.15) is 0 Å². The minimum atomic E-state index is -3.13. The Hall–Kier alpha value is 4.53. The number of hydrogen-bond acceptors (Lipinski definition) is 1. The van der Waals surface area contributed by atoms with Gasteiger partial charge in [-0.3, -0.25) is 0 Å². The van der Waals surface area contributed by atoms with Crippen molar-refractivity contribution in [2.45, 2.75) is 0 Å². The van der Waals surface area contributed by atoms with E-state index >= 15 is 0 Å². The molecule has 3 N–H and O–H groups in total. The van der Waals surface area contributed by atoms with E-state index in [-0.39, 0.29) is 65.7 Å². The molecule has 0 saturated carbocycles. The van der Waals surface area contributed by atoms with E-state index in [1.54, 1.807) is 0 Å². The smallest absolute Gasteiger partial charge is 0 e. The van der Waals surface area contributed by atoms with Crippen LogP contribution in [0.25, 0.3) is 0 Å². The molecule has 0 aromatic rings. The molecule has 0 rings (SSSR count). The minimum Gasteiger partial charge on any atom is 0 e. The molecule has 94 valence electrons. The third kappa shape index (κ3) is 170. The molecule has 0 atom stereocenters. The molecule has 0 spiro atoms. The van der Waals surface area contributed by atoms with Crippen LogP contribution in [0, 0.1) is 0 Å². The Morgan fingerprint density at radius 2 is 0.846 bits per heavy atom. The third-order valence-electron chi connectivity index (χ3n) is 0. The van der Waals surface area contributed by atoms with Gasteiger partial charge in [-0.15, -0.1) is 24.8 Å². The predicted octanol–water partition coefficient (Wildman–Crippen LogP) is 3.95. The van der Waals surface area contributed by atoms with Crippen molar-refractivity contribution in [2.75, 3.05) is 0 Å². The van der Waals surface area contributed by atoms with Gasteiger partial charge < -0.3 is 6.15 Å². The molecule has 0 amide bonds. The molecule has 0 heterocycles. The van der Waals surface area contributed by atoms with Gasteiger partial charge in [0, 0.05) is 17.4 Å². The van der Waals surface area contributed by atoms with Crippen LogP contribution >= 0.6 is 82.9 Å². The molecular weight excluding hydrogens is 531 g/mol. The summed E-state index contributed by atoms with van der Waals surface area (Å²) in [5.74, 6) is 0. The summed E-state index contributed by atoms with van der Waals surface area (Å²) in [7, 11) is 29.5. The maximum atomic E-state index is 5.02. The molecule has 0 unspecified atom stereocenters. The summed E-state index contributed by atoms with van der Waals surface area (Å²) in [5.41, 5.74) is 0. The summed E-state index contributed by atoms with van der Waals surface area (Å²) in [4.78, 5) is 0. The summed E-state index contributed by atoms with van der Waals surface area (Å²) in [6, 6.07) is 0. The van der Waals surface area contributed by atoms with Crippen LogP contribution in [-0.2, 0) is 41.9 Å². The van der Waals surface area contributed by atoms with E-state index in [4.69, 9.17) is 58.1 Å². The molecule has 0 fully saturated rings. The van der Waals surface area contributed by atoms with Crippen LogP contribution in [0.15, 0.2) is 0 Å². The van der Waals surface area contributed by atoms with E-state index < -0.39 is 11.9 Å². The van der Waals surface area contributed by atoms with E-state index in [2.05, 4.69) is 0 Å². The quantitative estimate of drug-likeness (QED) is 0.466. The van der Waals surface area contributed by atoms with E-state index in [0.29, 0.717) is 12.7 Å². The maximum Gasteiger partial charge on any atom is 0 e. The Labute approximate surface area is 146 Å². The van der Waals surface area contributed by atoms with Gasteiger partial charge in [0.25, 0.3) is 0 Å². The van der Waals surface area contributed by atoms with Gasteiger partial charge in [-0.2, -0.15) is 0 Å². The summed E-state index contributed by atoms with van der Waals surface area (Å²) in [5, 5.41) is 0. The zero-order chi connectivity index (χ0) is 7.21. The molecule has 0 aromatic heterocycles. The molecule has 13 heavy (non-hydrogen) atoms. The molecule has 0 saturated heterocycles. The molecule has 0 bridgehead atoms.